The highest BCUT2D eigenvalue weighted by Crippen LogP contribution is 2.18. The van der Waals surface area contributed by atoms with Crippen molar-refractivity contribution in [2.24, 2.45) is 0 Å². The molecular formula is C13H17NO4. The average molecular weight is 251 g/mol. The number of carbonyl (C=O) groups excluding carboxylic acids is 2. The van der Waals surface area contributed by atoms with Gasteiger partial charge in [-0.15, -0.1) is 0 Å². The van der Waals surface area contributed by atoms with Crippen LogP contribution in [-0.4, -0.2) is 25.2 Å². The summed E-state index contributed by atoms with van der Waals surface area (Å²) in [5.41, 5.74) is 8.27. The Labute approximate surface area is 106 Å². The molecule has 0 atom stereocenters. The fourth-order valence-corrected chi connectivity index (χ4v) is 1.49. The van der Waals surface area contributed by atoms with Gasteiger partial charge in [0.25, 0.3) is 0 Å². The van der Waals surface area contributed by atoms with Crippen LogP contribution in [0.15, 0.2) is 12.1 Å². The minimum Gasteiger partial charge on any atom is -0.463 e. The Morgan fingerprint density at radius 3 is 2.44 bits per heavy atom. The molecule has 0 aliphatic heterocycles. The predicted molar refractivity (Wildman–Crippen MR) is 67.2 cm³/mol. The fraction of sp³-hybridized carbons (Fsp3) is 0.385. The Kier molecular flexibility index (Phi) is 4.71. The largest absolute Gasteiger partial charge is 0.463 e. The van der Waals surface area contributed by atoms with Gasteiger partial charge in [0.2, 0.25) is 0 Å². The molecule has 0 aromatic heterocycles. The summed E-state index contributed by atoms with van der Waals surface area (Å²) < 4.78 is 9.51. The number of hydrogen-bond donors (Lipinski definition) is 1. The van der Waals surface area contributed by atoms with Crippen LogP contribution < -0.4 is 5.73 Å². The summed E-state index contributed by atoms with van der Waals surface area (Å²) in [5.74, 6) is -1.14. The zero-order valence-corrected chi connectivity index (χ0v) is 10.8. The van der Waals surface area contributed by atoms with Crippen molar-refractivity contribution in [2.45, 2.75) is 20.8 Å². The van der Waals surface area contributed by atoms with E-state index in [1.165, 1.54) is 0 Å². The second-order valence-electron chi connectivity index (χ2n) is 3.90. The lowest BCUT2D eigenvalue weighted by Gasteiger charge is -2.09. The summed E-state index contributed by atoms with van der Waals surface area (Å²) in [4.78, 5) is 22.8. The van der Waals surface area contributed by atoms with Crippen LogP contribution in [0, 0.1) is 13.8 Å². The van der Waals surface area contributed by atoms with Crippen molar-refractivity contribution in [2.75, 3.05) is 18.9 Å². The Bertz CT molecular complexity index is 468. The molecule has 2 N–H and O–H groups in total. The first kappa shape index (κ1) is 14.0. The molecule has 0 bridgehead atoms. The summed E-state index contributed by atoms with van der Waals surface area (Å²) in [7, 11) is 0. The third-order valence-corrected chi connectivity index (χ3v) is 2.46. The number of benzene rings is 1. The molecule has 0 unspecified atom stereocenters. The van der Waals surface area contributed by atoms with Crippen LogP contribution in [0.2, 0.25) is 0 Å². The smallest absolute Gasteiger partial charge is 0.344 e. The SMILES string of the molecule is CCOC(=O)COC(=O)c1cc(N)c(C)cc1C. The van der Waals surface area contributed by atoms with Gasteiger partial charge >= 0.3 is 11.9 Å². The number of hydrogen-bond acceptors (Lipinski definition) is 5. The van der Waals surface area contributed by atoms with Gasteiger partial charge in [0.05, 0.1) is 12.2 Å². The molecule has 0 saturated heterocycles. The lowest BCUT2D eigenvalue weighted by atomic mass is 10.0. The fourth-order valence-electron chi connectivity index (χ4n) is 1.49. The van der Waals surface area contributed by atoms with Crippen molar-refractivity contribution >= 4 is 17.6 Å². The highest BCUT2D eigenvalue weighted by atomic mass is 16.6. The lowest BCUT2D eigenvalue weighted by Crippen LogP contribution is -2.17. The first-order valence-corrected chi connectivity index (χ1v) is 5.65. The van der Waals surface area contributed by atoms with E-state index in [0.717, 1.165) is 11.1 Å². The number of nitrogens with two attached hydrogens (primary N) is 1. The second-order valence-corrected chi connectivity index (χ2v) is 3.90. The molecule has 18 heavy (non-hydrogen) atoms. The summed E-state index contributed by atoms with van der Waals surface area (Å²) in [5, 5.41) is 0. The van der Waals surface area contributed by atoms with Crippen LogP contribution in [0.4, 0.5) is 5.69 Å². The molecular weight excluding hydrogens is 234 g/mol. The van der Waals surface area contributed by atoms with Crippen LogP contribution >= 0.6 is 0 Å². The topological polar surface area (TPSA) is 78.6 Å². The quantitative estimate of drug-likeness (QED) is 0.649. The first-order valence-electron chi connectivity index (χ1n) is 5.65. The molecule has 0 amide bonds. The Hall–Kier alpha value is -2.04. The maximum atomic E-state index is 11.8. The van der Waals surface area contributed by atoms with Crippen molar-refractivity contribution < 1.29 is 19.1 Å². The summed E-state index contributed by atoms with van der Waals surface area (Å²) >= 11 is 0. The van der Waals surface area contributed by atoms with Crippen LogP contribution in [0.3, 0.4) is 0 Å². The zero-order chi connectivity index (χ0) is 13.7. The van der Waals surface area contributed by atoms with E-state index in [4.69, 9.17) is 10.5 Å². The Balaban J connectivity index is 2.73. The van der Waals surface area contributed by atoms with Gasteiger partial charge in [-0.1, -0.05) is 6.07 Å². The molecule has 98 valence electrons. The van der Waals surface area contributed by atoms with Crippen LogP contribution in [0.1, 0.15) is 28.4 Å². The second kappa shape index (κ2) is 6.05. The van der Waals surface area contributed by atoms with E-state index in [-0.39, 0.29) is 13.2 Å². The van der Waals surface area contributed by atoms with Crippen molar-refractivity contribution in [1.29, 1.82) is 0 Å². The first-order chi connectivity index (χ1) is 8.45. The van der Waals surface area contributed by atoms with Crippen LogP contribution in [-0.2, 0) is 14.3 Å². The molecule has 5 nitrogen and oxygen atoms in total. The molecule has 0 aliphatic rings. The zero-order valence-electron chi connectivity index (χ0n) is 10.8. The molecule has 0 aliphatic carbocycles. The summed E-state index contributed by atoms with van der Waals surface area (Å²) in [6, 6.07) is 3.36. The molecule has 1 aromatic rings. The van der Waals surface area contributed by atoms with E-state index in [9.17, 15) is 9.59 Å². The molecule has 1 rings (SSSR count). The minimum atomic E-state index is -0.577. The number of nitrogen functional groups attached to an aromatic ring is 1. The Morgan fingerprint density at radius 2 is 1.83 bits per heavy atom. The monoisotopic (exact) mass is 251 g/mol. The van der Waals surface area contributed by atoms with Gasteiger partial charge in [-0.3, -0.25) is 0 Å². The maximum Gasteiger partial charge on any atom is 0.344 e. The van der Waals surface area contributed by atoms with Gasteiger partial charge in [0.1, 0.15) is 0 Å². The normalized spacial score (nSPS) is 9.94. The number of carbonyl (C=O) groups is 2. The molecule has 0 radical (unpaired) electrons. The summed E-state index contributed by atoms with van der Waals surface area (Å²) in [6.07, 6.45) is 0. The van der Waals surface area contributed by atoms with E-state index < -0.39 is 11.9 Å². The van der Waals surface area contributed by atoms with Crippen molar-refractivity contribution in [3.8, 4) is 0 Å². The van der Waals surface area contributed by atoms with E-state index in [0.29, 0.717) is 11.3 Å². The third kappa shape index (κ3) is 3.48. The molecule has 1 aromatic carbocycles. The number of esters is 2. The number of ether oxygens (including phenoxy) is 2. The maximum absolute atomic E-state index is 11.8. The standard InChI is InChI=1S/C13H17NO4/c1-4-17-12(15)7-18-13(16)10-6-11(14)9(3)5-8(10)2/h5-6H,4,7,14H2,1-3H3. The highest BCUT2D eigenvalue weighted by molar-refractivity contribution is 5.93. The van der Waals surface area contributed by atoms with Gasteiger partial charge in [-0.05, 0) is 38.0 Å². The molecule has 0 fully saturated rings. The van der Waals surface area contributed by atoms with Gasteiger partial charge in [0.15, 0.2) is 6.61 Å². The number of rotatable bonds is 4. The van der Waals surface area contributed by atoms with Crippen LogP contribution in [0.5, 0.6) is 0 Å². The third-order valence-electron chi connectivity index (χ3n) is 2.46. The predicted octanol–water partition coefficient (Wildman–Crippen LogP) is 1.61. The minimum absolute atomic E-state index is 0.257. The Morgan fingerprint density at radius 1 is 1.17 bits per heavy atom. The van der Waals surface area contributed by atoms with Gasteiger partial charge in [-0.25, -0.2) is 9.59 Å². The van der Waals surface area contributed by atoms with E-state index >= 15 is 0 Å². The molecule has 5 heteroatoms. The van der Waals surface area contributed by atoms with Gasteiger partial charge in [-0.2, -0.15) is 0 Å². The highest BCUT2D eigenvalue weighted by Gasteiger charge is 2.14. The number of aryl methyl sites for hydroxylation is 2. The average Bonchev–Trinajstić information content (AvgIpc) is 2.31. The van der Waals surface area contributed by atoms with Crippen LogP contribution in [0.25, 0.3) is 0 Å². The number of anilines is 1. The van der Waals surface area contributed by atoms with E-state index in [1.54, 1.807) is 26.0 Å². The summed E-state index contributed by atoms with van der Waals surface area (Å²) in [6.45, 7) is 5.20. The molecule has 0 spiro atoms. The lowest BCUT2D eigenvalue weighted by molar-refractivity contribution is -0.146. The van der Waals surface area contributed by atoms with Gasteiger partial charge in [0, 0.05) is 5.69 Å². The van der Waals surface area contributed by atoms with E-state index in [1.807, 2.05) is 6.92 Å². The van der Waals surface area contributed by atoms with Gasteiger partial charge < -0.3 is 15.2 Å². The van der Waals surface area contributed by atoms with Crippen molar-refractivity contribution in [3.05, 3.63) is 28.8 Å². The molecule has 0 saturated carbocycles. The van der Waals surface area contributed by atoms with E-state index in [2.05, 4.69) is 4.74 Å². The van der Waals surface area contributed by atoms with Crippen molar-refractivity contribution in [1.82, 2.24) is 0 Å². The van der Waals surface area contributed by atoms with Crippen molar-refractivity contribution in [3.63, 3.8) is 0 Å². The molecule has 0 heterocycles.